The number of aromatic nitrogens is 3. The Bertz CT molecular complexity index is 831. The number of benzene rings is 1. The second kappa shape index (κ2) is 9.04. The van der Waals surface area contributed by atoms with Gasteiger partial charge in [-0.25, -0.2) is 9.48 Å². The molecule has 0 unspecified atom stereocenters. The maximum absolute atomic E-state index is 12.9. The van der Waals surface area contributed by atoms with Gasteiger partial charge in [0.25, 0.3) is 0 Å². The smallest absolute Gasteiger partial charge is 0.338 e. The van der Waals surface area contributed by atoms with Crippen LogP contribution in [0.15, 0.2) is 41.9 Å². The molecule has 1 N–H and O–H groups in total. The molecule has 27 heavy (non-hydrogen) atoms. The fourth-order valence-electron chi connectivity index (χ4n) is 3.29. The van der Waals surface area contributed by atoms with Crippen molar-refractivity contribution in [2.24, 2.45) is 0 Å². The van der Waals surface area contributed by atoms with Crippen LogP contribution in [-0.4, -0.2) is 27.3 Å². The highest BCUT2D eigenvalue weighted by molar-refractivity contribution is 6.31. The number of rotatable bonds is 8. The topological polar surface area (TPSA) is 69.0 Å². The summed E-state index contributed by atoms with van der Waals surface area (Å²) >= 11 is 6.43. The highest BCUT2D eigenvalue weighted by Gasteiger charge is 2.35. The van der Waals surface area contributed by atoms with Gasteiger partial charge < -0.3 is 10.1 Å². The van der Waals surface area contributed by atoms with Crippen molar-refractivity contribution in [3.8, 4) is 0 Å². The van der Waals surface area contributed by atoms with Crippen LogP contribution in [0.4, 0.5) is 5.95 Å². The molecule has 2 heterocycles. The van der Waals surface area contributed by atoms with Crippen LogP contribution in [0, 0.1) is 0 Å². The summed E-state index contributed by atoms with van der Waals surface area (Å²) in [4.78, 5) is 17.1. The van der Waals surface area contributed by atoms with Gasteiger partial charge in [-0.2, -0.15) is 10.1 Å². The number of allylic oxidation sites excluding steroid dienone is 1. The molecule has 3 rings (SSSR count). The number of anilines is 1. The maximum atomic E-state index is 12.9. The Kier molecular flexibility index (Phi) is 6.50. The molecule has 0 aliphatic carbocycles. The normalized spacial score (nSPS) is 16.0. The van der Waals surface area contributed by atoms with Gasteiger partial charge in [0.2, 0.25) is 5.95 Å². The molecule has 0 spiro atoms. The van der Waals surface area contributed by atoms with Gasteiger partial charge in [-0.1, -0.05) is 62.4 Å². The van der Waals surface area contributed by atoms with E-state index in [9.17, 15) is 4.79 Å². The third-order valence-corrected chi connectivity index (χ3v) is 5.04. The van der Waals surface area contributed by atoms with E-state index in [4.69, 9.17) is 16.3 Å². The molecule has 0 saturated heterocycles. The Morgan fingerprint density at radius 2 is 2.04 bits per heavy atom. The first kappa shape index (κ1) is 19.4. The number of nitrogens with one attached hydrogen (secondary N) is 1. The van der Waals surface area contributed by atoms with Gasteiger partial charge in [-0.05, 0) is 19.4 Å². The zero-order chi connectivity index (χ0) is 19.2. The van der Waals surface area contributed by atoms with Gasteiger partial charge in [-0.3, -0.25) is 0 Å². The first-order chi connectivity index (χ1) is 13.1. The van der Waals surface area contributed by atoms with Gasteiger partial charge in [0.15, 0.2) is 0 Å². The summed E-state index contributed by atoms with van der Waals surface area (Å²) in [7, 11) is 0. The molecule has 1 aliphatic heterocycles. The lowest BCUT2D eigenvalue weighted by atomic mass is 9.96. The largest absolute Gasteiger partial charge is 0.462 e. The van der Waals surface area contributed by atoms with Crippen molar-refractivity contribution in [1.29, 1.82) is 0 Å². The Hall–Kier alpha value is -2.34. The van der Waals surface area contributed by atoms with Crippen molar-refractivity contribution < 1.29 is 9.53 Å². The Morgan fingerprint density at radius 3 is 2.81 bits per heavy atom. The molecular weight excluding hydrogens is 364 g/mol. The fraction of sp³-hybridized carbons (Fsp3) is 0.450. The molecule has 1 aromatic heterocycles. The number of hydrogen-bond acceptors (Lipinski definition) is 5. The number of halogens is 1. The fourth-order valence-corrected chi connectivity index (χ4v) is 3.53. The van der Waals surface area contributed by atoms with E-state index in [0.717, 1.165) is 18.4 Å². The van der Waals surface area contributed by atoms with Crippen LogP contribution < -0.4 is 5.32 Å². The molecule has 1 aromatic carbocycles. The third kappa shape index (κ3) is 4.33. The molecule has 2 aromatic rings. The van der Waals surface area contributed by atoms with E-state index >= 15 is 0 Å². The number of esters is 1. The number of unbranched alkanes of at least 4 members (excludes halogenated alkanes) is 4. The summed E-state index contributed by atoms with van der Waals surface area (Å²) in [6, 6.07) is 6.99. The van der Waals surface area contributed by atoms with E-state index in [-0.39, 0.29) is 5.97 Å². The van der Waals surface area contributed by atoms with E-state index < -0.39 is 6.04 Å². The third-order valence-electron chi connectivity index (χ3n) is 4.70. The number of carbonyl (C=O) groups excluding carboxylic acids is 1. The zero-order valence-corrected chi connectivity index (χ0v) is 16.5. The molecule has 1 atom stereocenters. The molecule has 0 amide bonds. The highest BCUT2D eigenvalue weighted by Crippen LogP contribution is 2.37. The van der Waals surface area contributed by atoms with Crippen LogP contribution >= 0.6 is 11.6 Å². The molecule has 6 nitrogen and oxygen atoms in total. The quantitative estimate of drug-likeness (QED) is 0.522. The minimum absolute atomic E-state index is 0.346. The average molecular weight is 389 g/mol. The standard InChI is InChI=1S/C20H25ClN4O2/c1-3-4-5-6-9-12-27-19(26)17-14(2)24-20-22-13-23-25(20)18(17)15-10-7-8-11-16(15)21/h7-8,10-11,13,18H,3-6,9,12H2,1-2H3,(H,22,23,24)/t18-/m1/s1. The van der Waals surface area contributed by atoms with Crippen molar-refractivity contribution >= 4 is 23.5 Å². The molecule has 0 fully saturated rings. The number of carbonyl (C=O) groups is 1. The lowest BCUT2D eigenvalue weighted by Gasteiger charge is -2.28. The number of hydrogen-bond donors (Lipinski definition) is 1. The predicted octanol–water partition coefficient (Wildman–Crippen LogP) is 4.73. The maximum Gasteiger partial charge on any atom is 0.338 e. The lowest BCUT2D eigenvalue weighted by molar-refractivity contribution is -0.139. The molecule has 0 radical (unpaired) electrons. The van der Waals surface area contributed by atoms with Crippen LogP contribution in [-0.2, 0) is 9.53 Å². The monoisotopic (exact) mass is 388 g/mol. The Morgan fingerprint density at radius 1 is 1.26 bits per heavy atom. The minimum atomic E-state index is -0.468. The highest BCUT2D eigenvalue weighted by atomic mass is 35.5. The van der Waals surface area contributed by atoms with Crippen molar-refractivity contribution in [1.82, 2.24) is 14.8 Å². The van der Waals surface area contributed by atoms with E-state index in [0.29, 0.717) is 28.8 Å². The average Bonchev–Trinajstić information content (AvgIpc) is 3.12. The van der Waals surface area contributed by atoms with Crippen LogP contribution in [0.5, 0.6) is 0 Å². The van der Waals surface area contributed by atoms with E-state index in [2.05, 4.69) is 22.3 Å². The predicted molar refractivity (Wildman–Crippen MR) is 106 cm³/mol. The number of fused-ring (bicyclic) bond motifs is 1. The van der Waals surface area contributed by atoms with Crippen LogP contribution in [0.3, 0.4) is 0 Å². The number of nitrogens with zero attached hydrogens (tertiary/aromatic N) is 3. The SMILES string of the molecule is CCCCCCCOC(=O)C1=C(C)Nc2ncnn2[C@@H]1c1ccccc1Cl. The summed E-state index contributed by atoms with van der Waals surface area (Å²) in [5.41, 5.74) is 2.01. The van der Waals surface area contributed by atoms with E-state index in [1.807, 2.05) is 31.2 Å². The Balaban J connectivity index is 1.81. The van der Waals surface area contributed by atoms with Crippen LogP contribution in [0.25, 0.3) is 0 Å². The summed E-state index contributed by atoms with van der Waals surface area (Å²) in [5, 5.41) is 8.00. The summed E-state index contributed by atoms with van der Waals surface area (Å²) in [6.45, 7) is 4.44. The second-order valence-electron chi connectivity index (χ2n) is 6.67. The second-order valence-corrected chi connectivity index (χ2v) is 7.07. The number of ether oxygens (including phenoxy) is 1. The minimum Gasteiger partial charge on any atom is -0.462 e. The van der Waals surface area contributed by atoms with Gasteiger partial charge in [0, 0.05) is 16.3 Å². The molecule has 0 saturated carbocycles. The molecule has 0 bridgehead atoms. The van der Waals surface area contributed by atoms with Crippen molar-refractivity contribution in [3.05, 3.63) is 52.4 Å². The molecular formula is C20H25ClN4O2. The van der Waals surface area contributed by atoms with Gasteiger partial charge >= 0.3 is 5.97 Å². The van der Waals surface area contributed by atoms with Gasteiger partial charge in [-0.15, -0.1) is 0 Å². The van der Waals surface area contributed by atoms with Crippen molar-refractivity contribution in [2.75, 3.05) is 11.9 Å². The first-order valence-electron chi connectivity index (χ1n) is 9.42. The van der Waals surface area contributed by atoms with Crippen molar-refractivity contribution in [2.45, 2.75) is 52.0 Å². The van der Waals surface area contributed by atoms with Gasteiger partial charge in [0.05, 0.1) is 12.2 Å². The summed E-state index contributed by atoms with van der Waals surface area (Å²) in [6.07, 6.45) is 6.97. The summed E-state index contributed by atoms with van der Waals surface area (Å²) < 4.78 is 7.25. The van der Waals surface area contributed by atoms with E-state index in [1.165, 1.54) is 25.6 Å². The Labute approximate surface area is 164 Å². The molecule has 1 aliphatic rings. The van der Waals surface area contributed by atoms with Crippen molar-refractivity contribution in [3.63, 3.8) is 0 Å². The molecule has 144 valence electrons. The molecule has 7 heteroatoms. The van der Waals surface area contributed by atoms with Crippen LogP contribution in [0.2, 0.25) is 5.02 Å². The van der Waals surface area contributed by atoms with Gasteiger partial charge in [0.1, 0.15) is 12.4 Å². The lowest BCUT2D eigenvalue weighted by Crippen LogP contribution is -2.30. The van der Waals surface area contributed by atoms with Crippen LogP contribution in [0.1, 0.15) is 57.6 Å². The first-order valence-corrected chi connectivity index (χ1v) is 9.80. The summed E-state index contributed by atoms with van der Waals surface area (Å²) in [5.74, 6) is 0.232. The van der Waals surface area contributed by atoms with E-state index in [1.54, 1.807) is 4.68 Å². The zero-order valence-electron chi connectivity index (χ0n) is 15.7.